The highest BCUT2D eigenvalue weighted by Crippen LogP contribution is 2.18. The summed E-state index contributed by atoms with van der Waals surface area (Å²) in [5, 5.41) is 0. The van der Waals surface area contributed by atoms with Crippen molar-refractivity contribution >= 4 is 22.2 Å². The van der Waals surface area contributed by atoms with E-state index in [0.717, 1.165) is 11.8 Å². The van der Waals surface area contributed by atoms with Crippen LogP contribution < -0.4 is 0 Å². The zero-order valence-corrected chi connectivity index (χ0v) is 6.26. The van der Waals surface area contributed by atoms with Crippen LogP contribution in [0.4, 0.5) is 0 Å². The van der Waals surface area contributed by atoms with Crippen molar-refractivity contribution in [2.24, 2.45) is 0 Å². The first kappa shape index (κ1) is 6.55. The number of aromatic amines is 1. The predicted octanol–water partition coefficient (Wildman–Crippen LogP) is 1.65. The lowest BCUT2D eigenvalue weighted by atomic mass is 10.3. The Morgan fingerprint density at radius 2 is 2.56 bits per heavy atom. The lowest BCUT2D eigenvalue weighted by Crippen LogP contribution is -1.85. The van der Waals surface area contributed by atoms with E-state index >= 15 is 0 Å². The highest BCUT2D eigenvalue weighted by atomic mass is 79.9. The van der Waals surface area contributed by atoms with Crippen LogP contribution in [0.1, 0.15) is 10.4 Å². The normalized spacial score (nSPS) is 13.0. The lowest BCUT2D eigenvalue weighted by Gasteiger charge is -1.92. The number of rotatable bonds is 2. The first-order valence-electron chi connectivity index (χ1n) is 2.56. The molecule has 0 bridgehead atoms. The third-order valence-electron chi connectivity index (χ3n) is 1.06. The van der Waals surface area contributed by atoms with E-state index in [1.807, 2.05) is 6.07 Å². The number of halogens is 1. The standard InChI is InChI=1S/C6H6BrNO/c7-6(4-9)5-1-2-8-3-5/h1-4,6,8H. The molecule has 1 atom stereocenters. The highest BCUT2D eigenvalue weighted by molar-refractivity contribution is 9.09. The van der Waals surface area contributed by atoms with Gasteiger partial charge < -0.3 is 9.78 Å². The number of aldehydes is 1. The number of hydrogen-bond donors (Lipinski definition) is 1. The summed E-state index contributed by atoms with van der Waals surface area (Å²) in [5.74, 6) is 0. The first-order valence-corrected chi connectivity index (χ1v) is 3.48. The quantitative estimate of drug-likeness (QED) is 0.555. The topological polar surface area (TPSA) is 32.9 Å². The van der Waals surface area contributed by atoms with Gasteiger partial charge in [-0.05, 0) is 11.6 Å². The Bertz CT molecular complexity index is 183. The van der Waals surface area contributed by atoms with E-state index in [9.17, 15) is 4.79 Å². The number of carbonyl (C=O) groups is 1. The number of aromatic nitrogens is 1. The summed E-state index contributed by atoms with van der Waals surface area (Å²) >= 11 is 3.18. The van der Waals surface area contributed by atoms with Crippen molar-refractivity contribution in [2.75, 3.05) is 0 Å². The second-order valence-corrected chi connectivity index (χ2v) is 2.67. The fourth-order valence-electron chi connectivity index (χ4n) is 0.587. The highest BCUT2D eigenvalue weighted by Gasteiger charge is 2.03. The second-order valence-electron chi connectivity index (χ2n) is 1.68. The summed E-state index contributed by atoms with van der Waals surface area (Å²) in [6.07, 6.45) is 4.42. The number of hydrogen-bond acceptors (Lipinski definition) is 1. The van der Waals surface area contributed by atoms with Gasteiger partial charge in [-0.3, -0.25) is 0 Å². The van der Waals surface area contributed by atoms with Gasteiger partial charge in [-0.25, -0.2) is 0 Å². The van der Waals surface area contributed by atoms with Gasteiger partial charge in [0.1, 0.15) is 6.29 Å². The van der Waals surface area contributed by atoms with E-state index in [0.29, 0.717) is 0 Å². The van der Waals surface area contributed by atoms with Crippen LogP contribution in [0.3, 0.4) is 0 Å². The van der Waals surface area contributed by atoms with Gasteiger partial charge >= 0.3 is 0 Å². The maximum Gasteiger partial charge on any atom is 0.138 e. The monoisotopic (exact) mass is 187 g/mol. The molecule has 48 valence electrons. The summed E-state index contributed by atoms with van der Waals surface area (Å²) in [5.41, 5.74) is 0.963. The number of nitrogens with one attached hydrogen (secondary N) is 1. The van der Waals surface area contributed by atoms with Gasteiger partial charge in [0.25, 0.3) is 0 Å². The summed E-state index contributed by atoms with van der Waals surface area (Å²) in [7, 11) is 0. The number of H-pyrrole nitrogens is 1. The van der Waals surface area contributed by atoms with Crippen LogP contribution in [0, 0.1) is 0 Å². The summed E-state index contributed by atoms with van der Waals surface area (Å²) in [6.45, 7) is 0. The van der Waals surface area contributed by atoms with E-state index in [1.54, 1.807) is 12.4 Å². The fraction of sp³-hybridized carbons (Fsp3) is 0.167. The van der Waals surface area contributed by atoms with E-state index < -0.39 is 0 Å². The van der Waals surface area contributed by atoms with Gasteiger partial charge in [-0.2, -0.15) is 0 Å². The smallest absolute Gasteiger partial charge is 0.138 e. The molecule has 0 saturated heterocycles. The number of alkyl halides is 1. The van der Waals surface area contributed by atoms with Crippen LogP contribution in [0.2, 0.25) is 0 Å². The van der Waals surface area contributed by atoms with Crippen molar-refractivity contribution in [3.8, 4) is 0 Å². The van der Waals surface area contributed by atoms with Crippen molar-refractivity contribution < 1.29 is 4.79 Å². The molecule has 1 aromatic rings. The molecule has 0 amide bonds. The second kappa shape index (κ2) is 2.82. The molecule has 0 fully saturated rings. The van der Waals surface area contributed by atoms with Crippen molar-refractivity contribution in [3.63, 3.8) is 0 Å². The fourth-order valence-corrected chi connectivity index (χ4v) is 0.872. The average molecular weight is 188 g/mol. The summed E-state index contributed by atoms with van der Waals surface area (Å²) in [6, 6.07) is 1.85. The van der Waals surface area contributed by atoms with Crippen molar-refractivity contribution in [3.05, 3.63) is 24.0 Å². The van der Waals surface area contributed by atoms with Gasteiger partial charge in [0, 0.05) is 12.4 Å². The third kappa shape index (κ3) is 1.42. The predicted molar refractivity (Wildman–Crippen MR) is 38.5 cm³/mol. The molecular formula is C6H6BrNO. The molecule has 0 spiro atoms. The first-order chi connectivity index (χ1) is 4.34. The van der Waals surface area contributed by atoms with Gasteiger partial charge in [-0.1, -0.05) is 15.9 Å². The van der Waals surface area contributed by atoms with Crippen molar-refractivity contribution in [1.29, 1.82) is 0 Å². The molecule has 0 aliphatic carbocycles. The summed E-state index contributed by atoms with van der Waals surface area (Å²) in [4.78, 5) is 12.8. The minimum absolute atomic E-state index is 0.163. The minimum atomic E-state index is -0.163. The summed E-state index contributed by atoms with van der Waals surface area (Å²) < 4.78 is 0. The largest absolute Gasteiger partial charge is 0.367 e. The Balaban J connectivity index is 2.76. The Morgan fingerprint density at radius 3 is 3.00 bits per heavy atom. The zero-order valence-electron chi connectivity index (χ0n) is 4.67. The molecule has 1 rings (SSSR count). The van der Waals surface area contributed by atoms with Crippen molar-refractivity contribution in [1.82, 2.24) is 4.98 Å². The van der Waals surface area contributed by atoms with Crippen LogP contribution in [0.25, 0.3) is 0 Å². The Morgan fingerprint density at radius 1 is 1.78 bits per heavy atom. The molecule has 3 heteroatoms. The molecule has 1 N–H and O–H groups in total. The lowest BCUT2D eigenvalue weighted by molar-refractivity contribution is -0.107. The molecule has 1 heterocycles. The SMILES string of the molecule is O=CC(Br)c1cc[nH]c1. The molecule has 9 heavy (non-hydrogen) atoms. The molecule has 0 radical (unpaired) electrons. The van der Waals surface area contributed by atoms with Crippen LogP contribution in [0.15, 0.2) is 18.5 Å². The van der Waals surface area contributed by atoms with E-state index in [2.05, 4.69) is 20.9 Å². The maximum atomic E-state index is 10.1. The van der Waals surface area contributed by atoms with Crippen molar-refractivity contribution in [2.45, 2.75) is 4.83 Å². The molecule has 0 aliphatic heterocycles. The van der Waals surface area contributed by atoms with Crippen LogP contribution in [0.5, 0.6) is 0 Å². The van der Waals surface area contributed by atoms with E-state index in [-0.39, 0.29) is 4.83 Å². The van der Waals surface area contributed by atoms with E-state index in [4.69, 9.17) is 0 Å². The Kier molecular flexibility index (Phi) is 2.05. The Labute approximate surface area is 61.4 Å². The molecule has 0 aliphatic rings. The molecular weight excluding hydrogens is 182 g/mol. The van der Waals surface area contributed by atoms with Crippen LogP contribution in [-0.4, -0.2) is 11.3 Å². The van der Waals surface area contributed by atoms with E-state index in [1.165, 1.54) is 0 Å². The average Bonchev–Trinajstić information content (AvgIpc) is 2.37. The zero-order chi connectivity index (χ0) is 6.69. The molecule has 2 nitrogen and oxygen atoms in total. The molecule has 0 aromatic carbocycles. The molecule has 1 unspecified atom stereocenters. The van der Waals surface area contributed by atoms with Gasteiger partial charge in [0.15, 0.2) is 0 Å². The van der Waals surface area contributed by atoms with Crippen LogP contribution in [-0.2, 0) is 4.79 Å². The molecule has 1 aromatic heterocycles. The van der Waals surface area contributed by atoms with Gasteiger partial charge in [-0.15, -0.1) is 0 Å². The number of carbonyl (C=O) groups excluding carboxylic acids is 1. The maximum absolute atomic E-state index is 10.1. The van der Waals surface area contributed by atoms with Gasteiger partial charge in [0.05, 0.1) is 4.83 Å². The van der Waals surface area contributed by atoms with Gasteiger partial charge in [0.2, 0.25) is 0 Å². The Hall–Kier alpha value is -0.570. The van der Waals surface area contributed by atoms with Crippen LogP contribution >= 0.6 is 15.9 Å². The minimum Gasteiger partial charge on any atom is -0.367 e. The molecule has 0 saturated carbocycles. The third-order valence-corrected chi connectivity index (χ3v) is 1.80.